The molecule has 6 nitrogen and oxygen atoms in total. The van der Waals surface area contributed by atoms with Gasteiger partial charge in [-0.05, 0) is 51.0 Å². The third-order valence-electron chi connectivity index (χ3n) is 4.21. The van der Waals surface area contributed by atoms with Crippen LogP contribution in [0.4, 0.5) is 5.69 Å². The van der Waals surface area contributed by atoms with E-state index >= 15 is 0 Å². The van der Waals surface area contributed by atoms with Gasteiger partial charge in [-0.25, -0.2) is 4.98 Å². The number of amides is 2. The Labute approximate surface area is 163 Å². The summed E-state index contributed by atoms with van der Waals surface area (Å²) < 4.78 is 5.48. The smallest absolute Gasteiger partial charge is 0.257 e. The number of halogens is 1. The van der Waals surface area contributed by atoms with Gasteiger partial charge in [0.05, 0.1) is 22.9 Å². The molecule has 1 aliphatic rings. The fraction of sp³-hybridized carbons (Fsp3) is 0.350. The zero-order valence-corrected chi connectivity index (χ0v) is 16.1. The Morgan fingerprint density at radius 2 is 1.93 bits per heavy atom. The molecular weight excluding hydrogens is 366 g/mol. The van der Waals surface area contributed by atoms with Crippen molar-refractivity contribution in [2.24, 2.45) is 0 Å². The van der Waals surface area contributed by atoms with Gasteiger partial charge in [0, 0.05) is 30.4 Å². The summed E-state index contributed by atoms with van der Waals surface area (Å²) in [7, 11) is 0. The molecule has 0 aliphatic carbocycles. The quantitative estimate of drug-likeness (QED) is 0.841. The lowest BCUT2D eigenvalue weighted by Gasteiger charge is -2.18. The second kappa shape index (κ2) is 8.39. The van der Waals surface area contributed by atoms with E-state index in [1.807, 2.05) is 13.8 Å². The van der Waals surface area contributed by atoms with Gasteiger partial charge < -0.3 is 15.0 Å². The average Bonchev–Trinajstić information content (AvgIpc) is 3.16. The number of ether oxygens (including phenoxy) is 1. The van der Waals surface area contributed by atoms with Crippen molar-refractivity contribution in [3.63, 3.8) is 0 Å². The van der Waals surface area contributed by atoms with Crippen LogP contribution in [0.15, 0.2) is 36.5 Å². The van der Waals surface area contributed by atoms with Crippen LogP contribution in [0.25, 0.3) is 0 Å². The number of nitrogens with zero attached hydrogens (tertiary/aromatic N) is 2. The molecule has 0 saturated carbocycles. The molecule has 0 atom stereocenters. The van der Waals surface area contributed by atoms with Crippen LogP contribution in [-0.4, -0.2) is 40.9 Å². The van der Waals surface area contributed by atoms with Crippen molar-refractivity contribution in [2.45, 2.75) is 32.8 Å². The molecule has 3 rings (SSSR count). The molecule has 0 spiro atoms. The zero-order chi connectivity index (χ0) is 19.4. The number of aromatic nitrogens is 1. The van der Waals surface area contributed by atoms with Crippen LogP contribution in [-0.2, 0) is 0 Å². The predicted octanol–water partition coefficient (Wildman–Crippen LogP) is 4.01. The van der Waals surface area contributed by atoms with Crippen LogP contribution in [0.5, 0.6) is 5.88 Å². The molecule has 2 heterocycles. The SMILES string of the molecule is CC(C)Oc1ccc(C(=O)Nc2cc(Cl)ccc2C(=O)N2CCCC2)cn1. The minimum atomic E-state index is -0.365. The van der Waals surface area contributed by atoms with Crippen molar-refractivity contribution < 1.29 is 14.3 Å². The van der Waals surface area contributed by atoms with Gasteiger partial charge in [-0.3, -0.25) is 9.59 Å². The van der Waals surface area contributed by atoms with Gasteiger partial charge in [-0.15, -0.1) is 0 Å². The first-order chi connectivity index (χ1) is 12.9. The Hall–Kier alpha value is -2.60. The van der Waals surface area contributed by atoms with E-state index in [-0.39, 0.29) is 17.9 Å². The molecule has 1 N–H and O–H groups in total. The number of rotatable bonds is 5. The van der Waals surface area contributed by atoms with Crippen LogP contribution in [0.3, 0.4) is 0 Å². The molecule has 142 valence electrons. The standard InChI is InChI=1S/C20H22ClN3O3/c1-13(2)27-18-8-5-14(12-22-18)19(25)23-17-11-15(21)6-7-16(17)20(26)24-9-3-4-10-24/h5-8,11-13H,3-4,9-10H2,1-2H3,(H,23,25). The molecule has 0 radical (unpaired) electrons. The summed E-state index contributed by atoms with van der Waals surface area (Å²) in [6.45, 7) is 5.27. The van der Waals surface area contributed by atoms with Crippen molar-refractivity contribution in [3.8, 4) is 5.88 Å². The van der Waals surface area contributed by atoms with E-state index in [0.717, 1.165) is 25.9 Å². The summed E-state index contributed by atoms with van der Waals surface area (Å²) in [5.74, 6) is -0.0104. The summed E-state index contributed by atoms with van der Waals surface area (Å²) in [6.07, 6.45) is 3.44. The van der Waals surface area contributed by atoms with E-state index in [2.05, 4.69) is 10.3 Å². The summed E-state index contributed by atoms with van der Waals surface area (Å²) in [5.41, 5.74) is 1.19. The largest absolute Gasteiger partial charge is 0.475 e. The number of nitrogens with one attached hydrogen (secondary N) is 1. The normalized spacial score (nSPS) is 13.7. The van der Waals surface area contributed by atoms with Crippen molar-refractivity contribution in [2.75, 3.05) is 18.4 Å². The second-order valence-electron chi connectivity index (χ2n) is 6.70. The lowest BCUT2D eigenvalue weighted by atomic mass is 10.1. The first kappa shape index (κ1) is 19.2. The number of anilines is 1. The predicted molar refractivity (Wildman–Crippen MR) is 105 cm³/mol. The molecule has 1 saturated heterocycles. The molecule has 1 fully saturated rings. The monoisotopic (exact) mass is 387 g/mol. The van der Waals surface area contributed by atoms with E-state index in [1.165, 1.54) is 6.20 Å². The van der Waals surface area contributed by atoms with Crippen molar-refractivity contribution in [1.29, 1.82) is 0 Å². The fourth-order valence-corrected chi connectivity index (χ4v) is 3.09. The molecule has 0 unspecified atom stereocenters. The molecule has 1 aromatic heterocycles. The Balaban J connectivity index is 1.78. The van der Waals surface area contributed by atoms with Gasteiger partial charge in [-0.1, -0.05) is 11.6 Å². The first-order valence-corrected chi connectivity index (χ1v) is 9.34. The first-order valence-electron chi connectivity index (χ1n) is 8.97. The lowest BCUT2D eigenvalue weighted by Crippen LogP contribution is -2.28. The van der Waals surface area contributed by atoms with Crippen LogP contribution in [0, 0.1) is 0 Å². The fourth-order valence-electron chi connectivity index (χ4n) is 2.92. The van der Waals surface area contributed by atoms with Gasteiger partial charge in [0.15, 0.2) is 0 Å². The van der Waals surface area contributed by atoms with E-state index in [4.69, 9.17) is 16.3 Å². The van der Waals surface area contributed by atoms with Gasteiger partial charge in [-0.2, -0.15) is 0 Å². The lowest BCUT2D eigenvalue weighted by molar-refractivity contribution is 0.0794. The van der Waals surface area contributed by atoms with Gasteiger partial charge in [0.1, 0.15) is 0 Å². The highest BCUT2D eigenvalue weighted by molar-refractivity contribution is 6.31. The average molecular weight is 388 g/mol. The molecule has 1 aliphatic heterocycles. The minimum Gasteiger partial charge on any atom is -0.475 e. The maximum atomic E-state index is 12.7. The van der Waals surface area contributed by atoms with Crippen LogP contribution in [0.1, 0.15) is 47.4 Å². The van der Waals surface area contributed by atoms with Gasteiger partial charge >= 0.3 is 0 Å². The number of hydrogen-bond acceptors (Lipinski definition) is 4. The van der Waals surface area contributed by atoms with E-state index < -0.39 is 0 Å². The summed E-state index contributed by atoms with van der Waals surface area (Å²) in [6, 6.07) is 8.17. The Morgan fingerprint density at radius 1 is 1.19 bits per heavy atom. The van der Waals surface area contributed by atoms with Gasteiger partial charge in [0.25, 0.3) is 11.8 Å². The van der Waals surface area contributed by atoms with Crippen LogP contribution < -0.4 is 10.1 Å². The number of carbonyl (C=O) groups is 2. The van der Waals surface area contributed by atoms with Crippen LogP contribution in [0.2, 0.25) is 5.02 Å². The Bertz CT molecular complexity index is 831. The summed E-state index contributed by atoms with van der Waals surface area (Å²) in [4.78, 5) is 31.3. The Kier molecular flexibility index (Phi) is 5.96. The molecule has 2 aromatic rings. The highest BCUT2D eigenvalue weighted by Crippen LogP contribution is 2.25. The third-order valence-corrected chi connectivity index (χ3v) is 4.44. The van der Waals surface area contributed by atoms with E-state index in [1.54, 1.807) is 35.2 Å². The molecular formula is C20H22ClN3O3. The minimum absolute atomic E-state index is 0.00259. The third kappa shape index (κ3) is 4.77. The number of benzene rings is 1. The maximum absolute atomic E-state index is 12.7. The van der Waals surface area contributed by atoms with Crippen molar-refractivity contribution in [1.82, 2.24) is 9.88 Å². The summed E-state index contributed by atoms with van der Waals surface area (Å²) in [5, 5.41) is 3.23. The van der Waals surface area contributed by atoms with Gasteiger partial charge in [0.2, 0.25) is 5.88 Å². The number of likely N-dealkylation sites (tertiary alicyclic amines) is 1. The molecule has 1 aromatic carbocycles. The van der Waals surface area contributed by atoms with E-state index in [9.17, 15) is 9.59 Å². The van der Waals surface area contributed by atoms with Crippen molar-refractivity contribution in [3.05, 3.63) is 52.7 Å². The topological polar surface area (TPSA) is 71.5 Å². The Morgan fingerprint density at radius 3 is 2.56 bits per heavy atom. The number of carbonyl (C=O) groups excluding carboxylic acids is 2. The maximum Gasteiger partial charge on any atom is 0.257 e. The van der Waals surface area contributed by atoms with Crippen molar-refractivity contribution >= 4 is 29.1 Å². The number of hydrogen-bond donors (Lipinski definition) is 1. The molecule has 0 bridgehead atoms. The second-order valence-corrected chi connectivity index (χ2v) is 7.13. The zero-order valence-electron chi connectivity index (χ0n) is 15.4. The molecule has 27 heavy (non-hydrogen) atoms. The van der Waals surface area contributed by atoms with E-state index in [0.29, 0.717) is 27.7 Å². The number of pyridine rings is 1. The highest BCUT2D eigenvalue weighted by Gasteiger charge is 2.23. The highest BCUT2D eigenvalue weighted by atomic mass is 35.5. The van der Waals surface area contributed by atoms with Crippen LogP contribution >= 0.6 is 11.6 Å². The summed E-state index contributed by atoms with van der Waals surface area (Å²) >= 11 is 6.07. The molecule has 7 heteroatoms. The molecule has 2 amide bonds.